The van der Waals surface area contributed by atoms with Crippen molar-refractivity contribution >= 4 is 17.9 Å². The van der Waals surface area contributed by atoms with E-state index in [2.05, 4.69) is 148 Å². The molecule has 9 nitrogen and oxygen atoms in total. The highest BCUT2D eigenvalue weighted by molar-refractivity contribution is 5.71. The van der Waals surface area contributed by atoms with Crippen LogP contribution in [0.15, 0.2) is 134 Å². The van der Waals surface area contributed by atoms with Gasteiger partial charge < -0.3 is 28.5 Å². The van der Waals surface area contributed by atoms with Gasteiger partial charge >= 0.3 is 17.9 Å². The number of allylic oxidation sites excluding steroid dienone is 22. The van der Waals surface area contributed by atoms with Crippen LogP contribution in [0, 0.1) is 0 Å². The van der Waals surface area contributed by atoms with Crippen LogP contribution in [0.4, 0.5) is 0 Å². The molecule has 0 fully saturated rings. The van der Waals surface area contributed by atoms with Gasteiger partial charge in [-0.1, -0.05) is 218 Å². The maximum Gasteiger partial charge on any atom is 0.361 e. The summed E-state index contributed by atoms with van der Waals surface area (Å²) in [5, 5.41) is 9.70. The molecule has 430 valence electrons. The zero-order valence-corrected chi connectivity index (χ0v) is 48.9. The third kappa shape index (κ3) is 57.1. The molecule has 0 aromatic carbocycles. The Kier molecular flexibility index (Phi) is 53.2. The highest BCUT2D eigenvalue weighted by atomic mass is 16.7. The Hall–Kier alpha value is -4.57. The number of hydrogen-bond donors (Lipinski definition) is 1. The van der Waals surface area contributed by atoms with Crippen molar-refractivity contribution in [3.63, 3.8) is 0 Å². The number of nitrogens with zero attached hydrogens (tertiary/aromatic N) is 1. The second kappa shape index (κ2) is 56.6. The van der Waals surface area contributed by atoms with Gasteiger partial charge in [-0.2, -0.15) is 0 Å². The van der Waals surface area contributed by atoms with Crippen LogP contribution in [0.25, 0.3) is 0 Å². The molecule has 0 rings (SSSR count). The number of carboxylic acid groups (broad SMARTS) is 1. The molecule has 0 aliphatic rings. The number of aliphatic carboxylic acids is 1. The van der Waals surface area contributed by atoms with E-state index in [0.717, 1.165) is 128 Å². The van der Waals surface area contributed by atoms with Crippen LogP contribution in [0.5, 0.6) is 0 Å². The molecule has 1 N–H and O–H groups in total. The van der Waals surface area contributed by atoms with Crippen molar-refractivity contribution in [1.82, 2.24) is 0 Å². The molecule has 0 amide bonds. The Morgan fingerprint density at radius 1 is 0.408 bits per heavy atom. The lowest BCUT2D eigenvalue weighted by atomic mass is 10.1. The molecule has 9 heteroatoms. The van der Waals surface area contributed by atoms with Crippen LogP contribution < -0.4 is 0 Å². The van der Waals surface area contributed by atoms with Gasteiger partial charge in [0, 0.05) is 12.8 Å². The summed E-state index contributed by atoms with van der Waals surface area (Å²) in [7, 11) is 5.95. The largest absolute Gasteiger partial charge is 0.477 e. The fraction of sp³-hybridized carbons (Fsp3) is 0.627. The molecule has 0 bridgehead atoms. The predicted octanol–water partition coefficient (Wildman–Crippen LogP) is 17.8. The van der Waals surface area contributed by atoms with E-state index >= 15 is 0 Å². The van der Waals surface area contributed by atoms with E-state index in [1.165, 1.54) is 51.4 Å². The maximum absolute atomic E-state index is 12.9. The Balaban J connectivity index is 4.32. The SMILES string of the molecule is CC/C=C\C/C=C\C/C=C\C/C=C\C/C=C\C/C=C\C/C=C\C/C=C\C/C=C\CCCCCCCC(=O)OC(COC(=O)CCCCCCCCC/C=C\C/C=C\CCCCCC)COC(OCC[N+](C)(C)C)C(=O)O. The number of ether oxygens (including phenoxy) is 4. The molecule has 2 unspecified atom stereocenters. The fourth-order valence-electron chi connectivity index (χ4n) is 7.56. The number of rotatable bonds is 53. The number of likely N-dealkylation sites (N-methyl/N-ethyl adjacent to an activating group) is 1. The topological polar surface area (TPSA) is 108 Å². The molecule has 0 radical (unpaired) electrons. The van der Waals surface area contributed by atoms with E-state index in [-0.39, 0.29) is 38.6 Å². The number of carbonyl (C=O) groups is 3. The number of carbonyl (C=O) groups excluding carboxylic acids is 2. The third-order valence-corrected chi connectivity index (χ3v) is 12.1. The Morgan fingerprint density at radius 3 is 1.12 bits per heavy atom. The summed E-state index contributed by atoms with van der Waals surface area (Å²) in [5.41, 5.74) is 0. The van der Waals surface area contributed by atoms with Crippen LogP contribution in [0.3, 0.4) is 0 Å². The number of carboxylic acids is 1. The zero-order chi connectivity index (χ0) is 55.5. The number of unbranched alkanes of at least 4 members (excludes halogenated alkanes) is 16. The van der Waals surface area contributed by atoms with E-state index in [0.29, 0.717) is 17.4 Å². The van der Waals surface area contributed by atoms with Crippen LogP contribution in [-0.4, -0.2) is 87.4 Å². The van der Waals surface area contributed by atoms with Gasteiger partial charge in [0.1, 0.15) is 13.2 Å². The van der Waals surface area contributed by atoms with Gasteiger partial charge in [-0.15, -0.1) is 0 Å². The van der Waals surface area contributed by atoms with Crippen molar-refractivity contribution in [2.45, 2.75) is 225 Å². The van der Waals surface area contributed by atoms with E-state index in [1.54, 1.807) is 0 Å². The molecule has 0 aromatic rings. The summed E-state index contributed by atoms with van der Waals surface area (Å²) in [6, 6.07) is 0. The smallest absolute Gasteiger partial charge is 0.361 e. The molecular weight excluding hydrogens is 947 g/mol. The number of hydrogen-bond acceptors (Lipinski definition) is 7. The molecule has 0 aliphatic heterocycles. The minimum Gasteiger partial charge on any atom is -0.477 e. The van der Waals surface area contributed by atoms with Crippen molar-refractivity contribution in [1.29, 1.82) is 0 Å². The van der Waals surface area contributed by atoms with Crippen LogP contribution >= 0.6 is 0 Å². The Bertz CT molecular complexity index is 1700. The first-order chi connectivity index (χ1) is 37.1. The normalized spacial score (nSPS) is 13.8. The maximum atomic E-state index is 12.9. The van der Waals surface area contributed by atoms with E-state index < -0.39 is 24.3 Å². The summed E-state index contributed by atoms with van der Waals surface area (Å²) >= 11 is 0. The van der Waals surface area contributed by atoms with E-state index in [1.807, 2.05) is 21.1 Å². The lowest BCUT2D eigenvalue weighted by molar-refractivity contribution is -0.870. The predicted molar refractivity (Wildman–Crippen MR) is 322 cm³/mol. The fourth-order valence-corrected chi connectivity index (χ4v) is 7.56. The van der Waals surface area contributed by atoms with Crippen molar-refractivity contribution < 1.29 is 42.9 Å². The van der Waals surface area contributed by atoms with Gasteiger partial charge in [-0.25, -0.2) is 4.79 Å². The van der Waals surface area contributed by atoms with Crippen LogP contribution in [-0.2, 0) is 33.3 Å². The van der Waals surface area contributed by atoms with Crippen LogP contribution in [0.2, 0.25) is 0 Å². The van der Waals surface area contributed by atoms with Crippen molar-refractivity contribution in [3.05, 3.63) is 134 Å². The summed E-state index contributed by atoms with van der Waals surface area (Å²) < 4.78 is 22.8. The molecule has 0 aromatic heterocycles. The van der Waals surface area contributed by atoms with Crippen molar-refractivity contribution in [3.8, 4) is 0 Å². The molecule has 0 saturated carbocycles. The highest BCUT2D eigenvalue weighted by Gasteiger charge is 2.25. The lowest BCUT2D eigenvalue weighted by Crippen LogP contribution is -2.40. The number of esters is 2. The standard InChI is InChI=1S/C67H109NO8/c1-6-8-10-12-14-16-18-20-22-24-26-27-28-29-30-31-32-33-34-35-36-37-38-39-40-42-44-46-48-50-52-54-56-58-65(70)76-63(62-75-67(66(71)72)73-60-59-68(3,4)5)61-74-64(69)57-55-53-51-49-47-45-43-41-25-23-21-19-17-15-13-11-9-7-2/h8,10,14,16-17,19-20,22-23,25-27,29-30,32-33,35-36,38-39,42,44,63,67H,6-7,9,11-13,15,18,21,24,28,31,34,37,40-41,43,45-62H2,1-5H3/p+1/b10-8-,16-14-,19-17-,22-20-,25-23-,27-26-,30-29-,33-32-,36-35-,39-38-,44-42-. The minimum atomic E-state index is -1.53. The number of quaternary nitrogens is 1. The summed E-state index contributed by atoms with van der Waals surface area (Å²) in [5.74, 6) is -2.06. The molecule has 76 heavy (non-hydrogen) atoms. The van der Waals surface area contributed by atoms with Crippen molar-refractivity contribution in [2.24, 2.45) is 0 Å². The average Bonchev–Trinajstić information content (AvgIpc) is 3.39. The van der Waals surface area contributed by atoms with E-state index in [9.17, 15) is 19.5 Å². The zero-order valence-electron chi connectivity index (χ0n) is 48.9. The molecule has 0 heterocycles. The molecule has 0 saturated heterocycles. The van der Waals surface area contributed by atoms with Gasteiger partial charge in [0.25, 0.3) is 6.29 Å². The van der Waals surface area contributed by atoms with E-state index in [4.69, 9.17) is 18.9 Å². The van der Waals surface area contributed by atoms with Crippen LogP contribution in [0.1, 0.15) is 213 Å². The van der Waals surface area contributed by atoms with Gasteiger partial charge in [0.05, 0.1) is 34.4 Å². The minimum absolute atomic E-state index is 0.175. The molecule has 0 spiro atoms. The highest BCUT2D eigenvalue weighted by Crippen LogP contribution is 2.14. The van der Waals surface area contributed by atoms with Gasteiger partial charge in [0.2, 0.25) is 0 Å². The van der Waals surface area contributed by atoms with Gasteiger partial charge in [0.15, 0.2) is 6.10 Å². The summed E-state index contributed by atoms with van der Waals surface area (Å²) in [6.07, 6.45) is 78.1. The molecule has 0 aliphatic carbocycles. The molecule has 2 atom stereocenters. The Morgan fingerprint density at radius 2 is 0.750 bits per heavy atom. The van der Waals surface area contributed by atoms with Crippen molar-refractivity contribution in [2.75, 3.05) is 47.5 Å². The second-order valence-corrected chi connectivity index (χ2v) is 20.6. The first kappa shape index (κ1) is 71.4. The van der Waals surface area contributed by atoms with Gasteiger partial charge in [-0.3, -0.25) is 9.59 Å². The van der Waals surface area contributed by atoms with Gasteiger partial charge in [-0.05, 0) is 116 Å². The summed E-state index contributed by atoms with van der Waals surface area (Å²) in [4.78, 5) is 37.4. The Labute approximate surface area is 465 Å². The average molecular weight is 1060 g/mol. The quantitative estimate of drug-likeness (QED) is 0.0211. The molecular formula is C67H110NO8+. The first-order valence-corrected chi connectivity index (χ1v) is 29.8. The first-order valence-electron chi connectivity index (χ1n) is 29.8. The lowest BCUT2D eigenvalue weighted by Gasteiger charge is -2.25. The summed E-state index contributed by atoms with van der Waals surface area (Å²) in [6.45, 7) is 4.69. The monoisotopic (exact) mass is 1060 g/mol. The third-order valence-electron chi connectivity index (χ3n) is 12.1. The second-order valence-electron chi connectivity index (χ2n) is 20.6.